The van der Waals surface area contributed by atoms with E-state index >= 15 is 0 Å². The van der Waals surface area contributed by atoms with Crippen molar-refractivity contribution in [3.63, 3.8) is 0 Å². The first-order valence-corrected chi connectivity index (χ1v) is 9.26. The number of hydrogen-bond donors (Lipinski definition) is 3. The molecule has 1 aliphatic heterocycles. The van der Waals surface area contributed by atoms with Gasteiger partial charge in [0.1, 0.15) is 6.33 Å². The van der Waals surface area contributed by atoms with Gasteiger partial charge in [0.25, 0.3) is 0 Å². The third-order valence-corrected chi connectivity index (χ3v) is 5.01. The van der Waals surface area contributed by atoms with Crippen LogP contribution in [0.25, 0.3) is 0 Å². The van der Waals surface area contributed by atoms with Gasteiger partial charge in [-0.1, -0.05) is 25.7 Å². The fourth-order valence-electron chi connectivity index (χ4n) is 3.40. The molecule has 24 heavy (non-hydrogen) atoms. The molecule has 1 aliphatic carbocycles. The highest BCUT2D eigenvalue weighted by atomic mass is 15.3. The molecule has 1 saturated heterocycles. The summed E-state index contributed by atoms with van der Waals surface area (Å²) in [5, 5.41) is 6.67. The monoisotopic (exact) mass is 335 g/mol. The molecule has 2 heterocycles. The summed E-state index contributed by atoms with van der Waals surface area (Å²) in [7, 11) is 4.08. The first kappa shape index (κ1) is 18.9. The van der Waals surface area contributed by atoms with Crippen molar-refractivity contribution >= 4 is 11.9 Å². The number of nitrogens with one attached hydrogen (secondary N) is 2. The molecule has 2 fully saturated rings. The molecule has 1 aromatic heterocycles. The molecule has 0 radical (unpaired) electrons. The zero-order chi connectivity index (χ0) is 17.2. The molecule has 7 heteroatoms. The Balaban J connectivity index is 0.000000198. The van der Waals surface area contributed by atoms with Gasteiger partial charge in [0.15, 0.2) is 0 Å². The van der Waals surface area contributed by atoms with E-state index in [1.54, 1.807) is 0 Å². The van der Waals surface area contributed by atoms with Gasteiger partial charge in [-0.25, -0.2) is 9.97 Å². The van der Waals surface area contributed by atoms with Gasteiger partial charge in [0.2, 0.25) is 11.9 Å². The van der Waals surface area contributed by atoms with Crippen LogP contribution in [0.3, 0.4) is 0 Å². The molecule has 0 bridgehead atoms. The summed E-state index contributed by atoms with van der Waals surface area (Å²) in [4.78, 5) is 14.1. The Kier molecular flexibility index (Phi) is 8.18. The minimum atomic E-state index is 0.279. The lowest BCUT2D eigenvalue weighted by Gasteiger charge is -2.31. The van der Waals surface area contributed by atoms with E-state index < -0.39 is 0 Å². The van der Waals surface area contributed by atoms with Gasteiger partial charge in [-0.2, -0.15) is 4.98 Å². The number of rotatable bonds is 3. The smallest absolute Gasteiger partial charge is 0.230 e. The molecule has 2 aliphatic rings. The Hall–Kier alpha value is -1.47. The summed E-state index contributed by atoms with van der Waals surface area (Å²) in [6.07, 6.45) is 12.3. The summed E-state index contributed by atoms with van der Waals surface area (Å²) in [6, 6.07) is 1.32. The van der Waals surface area contributed by atoms with Crippen LogP contribution >= 0.6 is 0 Å². The van der Waals surface area contributed by atoms with Crippen molar-refractivity contribution in [2.45, 2.75) is 63.5 Å². The Morgan fingerprint density at radius 3 is 2.33 bits per heavy atom. The Morgan fingerprint density at radius 2 is 1.75 bits per heavy atom. The summed E-state index contributed by atoms with van der Waals surface area (Å²) < 4.78 is 0. The van der Waals surface area contributed by atoms with Gasteiger partial charge in [-0.3, -0.25) is 0 Å². The number of nitrogen functional groups attached to an aromatic ring is 1. The van der Waals surface area contributed by atoms with Crippen LogP contribution in [-0.4, -0.2) is 54.2 Å². The number of hydrogen-bond acceptors (Lipinski definition) is 7. The molecule has 0 amide bonds. The van der Waals surface area contributed by atoms with E-state index in [9.17, 15) is 0 Å². The van der Waals surface area contributed by atoms with Crippen molar-refractivity contribution in [2.24, 2.45) is 0 Å². The fourth-order valence-corrected chi connectivity index (χ4v) is 3.40. The lowest BCUT2D eigenvalue weighted by Crippen LogP contribution is -2.41. The second-order valence-corrected chi connectivity index (χ2v) is 6.71. The first-order valence-electron chi connectivity index (χ1n) is 9.26. The number of piperidine rings is 1. The molecule has 1 aromatic rings. The molecule has 0 atom stereocenters. The maximum Gasteiger partial charge on any atom is 0.230 e. The number of nitrogens with two attached hydrogens (primary N) is 1. The van der Waals surface area contributed by atoms with E-state index in [-0.39, 0.29) is 5.95 Å². The van der Waals surface area contributed by atoms with Gasteiger partial charge in [-0.05, 0) is 45.8 Å². The van der Waals surface area contributed by atoms with Crippen LogP contribution in [0.5, 0.6) is 0 Å². The van der Waals surface area contributed by atoms with Crippen LogP contribution in [0.4, 0.5) is 11.9 Å². The van der Waals surface area contributed by atoms with Crippen LogP contribution in [-0.2, 0) is 0 Å². The van der Waals surface area contributed by atoms with Crippen molar-refractivity contribution in [1.29, 1.82) is 0 Å². The predicted octanol–water partition coefficient (Wildman–Crippen LogP) is 1.57. The van der Waals surface area contributed by atoms with E-state index in [1.165, 1.54) is 44.9 Å². The summed E-state index contributed by atoms with van der Waals surface area (Å²) >= 11 is 0. The van der Waals surface area contributed by atoms with Gasteiger partial charge in [0.05, 0.1) is 0 Å². The maximum atomic E-state index is 5.52. The number of nitrogens with zero attached hydrogens (tertiary/aromatic N) is 4. The molecule has 3 rings (SSSR count). The lowest BCUT2D eigenvalue weighted by atomic mass is 10.1. The minimum absolute atomic E-state index is 0.279. The van der Waals surface area contributed by atoms with Crippen molar-refractivity contribution in [3.05, 3.63) is 6.33 Å². The van der Waals surface area contributed by atoms with Crippen molar-refractivity contribution in [3.8, 4) is 0 Å². The molecular weight excluding hydrogens is 302 g/mol. The Morgan fingerprint density at radius 1 is 1.08 bits per heavy atom. The van der Waals surface area contributed by atoms with E-state index in [4.69, 9.17) is 5.73 Å². The summed E-state index contributed by atoms with van der Waals surface area (Å²) in [6.45, 7) is 2.10. The largest absolute Gasteiger partial charge is 0.368 e. The molecule has 1 saturated carbocycles. The van der Waals surface area contributed by atoms with Crippen LogP contribution < -0.4 is 21.3 Å². The van der Waals surface area contributed by atoms with Crippen LogP contribution in [0.15, 0.2) is 6.33 Å². The highest BCUT2D eigenvalue weighted by Crippen LogP contribution is 2.16. The average molecular weight is 336 g/mol. The molecule has 4 N–H and O–H groups in total. The second kappa shape index (κ2) is 10.4. The summed E-state index contributed by atoms with van der Waals surface area (Å²) in [5.41, 5.74) is 5.52. The molecule has 7 nitrogen and oxygen atoms in total. The van der Waals surface area contributed by atoms with E-state index in [2.05, 4.69) is 37.5 Å². The molecule has 0 unspecified atom stereocenters. The molecule has 0 spiro atoms. The van der Waals surface area contributed by atoms with E-state index in [1.807, 2.05) is 7.05 Å². The SMILES string of the molecule is CN(c1ncnc(N)n1)C1CCNCC1.CNC1CCCCCC1. The minimum Gasteiger partial charge on any atom is -0.368 e. The molecule has 0 aromatic carbocycles. The van der Waals surface area contributed by atoms with Gasteiger partial charge in [0, 0.05) is 19.1 Å². The fraction of sp³-hybridized carbons (Fsp3) is 0.824. The zero-order valence-electron chi connectivity index (χ0n) is 15.2. The Bertz CT molecular complexity index is 454. The highest BCUT2D eigenvalue weighted by Gasteiger charge is 2.19. The first-order chi connectivity index (χ1) is 11.7. The average Bonchev–Trinajstić information content (AvgIpc) is 2.91. The van der Waals surface area contributed by atoms with E-state index in [0.29, 0.717) is 12.0 Å². The predicted molar refractivity (Wildman–Crippen MR) is 99.1 cm³/mol. The second-order valence-electron chi connectivity index (χ2n) is 6.71. The Labute approximate surface area is 145 Å². The zero-order valence-corrected chi connectivity index (χ0v) is 15.2. The van der Waals surface area contributed by atoms with Gasteiger partial charge >= 0.3 is 0 Å². The summed E-state index contributed by atoms with van der Waals surface area (Å²) in [5.74, 6) is 0.940. The highest BCUT2D eigenvalue weighted by molar-refractivity contribution is 5.33. The van der Waals surface area contributed by atoms with Crippen molar-refractivity contribution in [1.82, 2.24) is 25.6 Å². The van der Waals surface area contributed by atoms with Gasteiger partial charge in [-0.15, -0.1) is 0 Å². The standard InChI is InChI=1S/C9H16N6.C8H17N/c1-15(7-2-4-11-5-3-7)9-13-6-12-8(10)14-9;1-9-8-6-4-2-3-5-7-8/h6-7,11H,2-5H2,1H3,(H2,10,12,13,14);8-9H,2-7H2,1H3. The van der Waals surface area contributed by atoms with Crippen LogP contribution in [0, 0.1) is 0 Å². The normalized spacial score (nSPS) is 19.9. The third-order valence-electron chi connectivity index (χ3n) is 5.01. The number of aromatic nitrogens is 3. The quantitative estimate of drug-likeness (QED) is 0.722. The van der Waals surface area contributed by atoms with Crippen LogP contribution in [0.2, 0.25) is 0 Å². The lowest BCUT2D eigenvalue weighted by molar-refractivity contribution is 0.439. The molecular formula is C17H33N7. The van der Waals surface area contributed by atoms with Crippen LogP contribution in [0.1, 0.15) is 51.4 Å². The van der Waals surface area contributed by atoms with E-state index in [0.717, 1.165) is 32.0 Å². The molecule has 136 valence electrons. The van der Waals surface area contributed by atoms with Crippen molar-refractivity contribution < 1.29 is 0 Å². The third kappa shape index (κ3) is 6.20. The topological polar surface area (TPSA) is 92.0 Å². The maximum absolute atomic E-state index is 5.52. The van der Waals surface area contributed by atoms with Crippen molar-refractivity contribution in [2.75, 3.05) is 37.8 Å². The van der Waals surface area contributed by atoms with Gasteiger partial charge < -0.3 is 21.3 Å². The number of anilines is 2.